The molecule has 116 valence electrons. The molecule has 0 bridgehead atoms. The maximum atomic E-state index is 12.0. The normalized spacial score (nSPS) is 13.3. The minimum Gasteiger partial charge on any atom is -0.461 e. The second-order valence-electron chi connectivity index (χ2n) is 4.79. The van der Waals surface area contributed by atoms with Gasteiger partial charge in [-0.25, -0.2) is 4.98 Å². The molecule has 0 aliphatic heterocycles. The summed E-state index contributed by atoms with van der Waals surface area (Å²) in [7, 11) is -1.31. The Morgan fingerprint density at radius 2 is 1.91 bits per heavy atom. The fourth-order valence-electron chi connectivity index (χ4n) is 1.83. The first kappa shape index (κ1) is 16.3. The Morgan fingerprint density at radius 1 is 1.18 bits per heavy atom. The van der Waals surface area contributed by atoms with Gasteiger partial charge in [0, 0.05) is 18.0 Å². The van der Waals surface area contributed by atoms with Crippen LogP contribution in [0.3, 0.4) is 0 Å². The van der Waals surface area contributed by atoms with E-state index in [1.54, 1.807) is 24.4 Å². The first-order valence-corrected chi connectivity index (χ1v) is 8.21. The van der Waals surface area contributed by atoms with Crippen LogP contribution in [-0.4, -0.2) is 27.0 Å². The van der Waals surface area contributed by atoms with E-state index in [0.717, 1.165) is 5.56 Å². The molecule has 1 heterocycles. The highest BCUT2D eigenvalue weighted by atomic mass is 32.2. The summed E-state index contributed by atoms with van der Waals surface area (Å²) in [6, 6.07) is 14.1. The van der Waals surface area contributed by atoms with Gasteiger partial charge >= 0.3 is 5.97 Å². The molecule has 6 heteroatoms. The quantitative estimate of drug-likeness (QED) is 0.785. The molecule has 1 aromatic carbocycles. The number of hydrogen-bond donors (Lipinski definition) is 1. The summed E-state index contributed by atoms with van der Waals surface area (Å²) in [6.07, 6.45) is 1.61. The van der Waals surface area contributed by atoms with E-state index in [1.165, 1.54) is 0 Å². The zero-order valence-electron chi connectivity index (χ0n) is 12.1. The summed E-state index contributed by atoms with van der Waals surface area (Å²) in [5.41, 5.74) is 6.78. The van der Waals surface area contributed by atoms with E-state index in [0.29, 0.717) is 5.03 Å². The summed E-state index contributed by atoms with van der Waals surface area (Å²) >= 11 is 0. The van der Waals surface area contributed by atoms with Gasteiger partial charge < -0.3 is 10.5 Å². The second kappa shape index (κ2) is 8.41. The van der Waals surface area contributed by atoms with Crippen molar-refractivity contribution in [2.45, 2.75) is 24.1 Å². The molecule has 0 aliphatic carbocycles. The fourth-order valence-corrected chi connectivity index (χ4v) is 2.92. The Labute approximate surface area is 132 Å². The van der Waals surface area contributed by atoms with Gasteiger partial charge in [-0.1, -0.05) is 36.4 Å². The summed E-state index contributed by atoms with van der Waals surface area (Å²) in [5, 5.41) is 0.468. The number of ether oxygens (including phenoxy) is 1. The van der Waals surface area contributed by atoms with Gasteiger partial charge in [0.25, 0.3) is 0 Å². The molecule has 0 radical (unpaired) electrons. The van der Waals surface area contributed by atoms with E-state index in [1.807, 2.05) is 30.3 Å². The molecule has 2 N–H and O–H groups in total. The molecular weight excluding hydrogens is 300 g/mol. The SMILES string of the molecule is NC(CC(=O)OCc1ccccc1)CS(=O)c1ccccn1. The highest BCUT2D eigenvalue weighted by Crippen LogP contribution is 2.06. The lowest BCUT2D eigenvalue weighted by Crippen LogP contribution is -2.30. The van der Waals surface area contributed by atoms with E-state index in [4.69, 9.17) is 10.5 Å². The molecule has 2 unspecified atom stereocenters. The fraction of sp³-hybridized carbons (Fsp3) is 0.250. The van der Waals surface area contributed by atoms with Crippen molar-refractivity contribution in [3.63, 3.8) is 0 Å². The van der Waals surface area contributed by atoms with Gasteiger partial charge in [-0.3, -0.25) is 9.00 Å². The average molecular weight is 318 g/mol. The Hall–Kier alpha value is -2.05. The van der Waals surface area contributed by atoms with Crippen LogP contribution in [0.4, 0.5) is 0 Å². The van der Waals surface area contributed by atoms with Crippen molar-refractivity contribution in [3.8, 4) is 0 Å². The Balaban J connectivity index is 1.75. The molecule has 0 amide bonds. The molecule has 22 heavy (non-hydrogen) atoms. The summed E-state index contributed by atoms with van der Waals surface area (Å²) < 4.78 is 17.2. The zero-order valence-corrected chi connectivity index (χ0v) is 12.9. The molecule has 0 saturated heterocycles. The number of esters is 1. The maximum absolute atomic E-state index is 12.0. The van der Waals surface area contributed by atoms with Crippen molar-refractivity contribution in [2.75, 3.05) is 5.75 Å². The van der Waals surface area contributed by atoms with Crippen LogP contribution in [-0.2, 0) is 26.9 Å². The van der Waals surface area contributed by atoms with Gasteiger partial charge in [0.1, 0.15) is 11.6 Å². The standard InChI is InChI=1S/C16H18N2O3S/c17-14(12-22(20)15-8-4-5-9-18-15)10-16(19)21-11-13-6-2-1-3-7-13/h1-9,14H,10-12,17H2. The Bertz CT molecular complexity index is 620. The summed E-state index contributed by atoms with van der Waals surface area (Å²) in [5.74, 6) is -0.216. The zero-order chi connectivity index (χ0) is 15.8. The summed E-state index contributed by atoms with van der Waals surface area (Å²) in [6.45, 7) is 0.218. The van der Waals surface area contributed by atoms with Gasteiger partial charge in [-0.2, -0.15) is 0 Å². The van der Waals surface area contributed by atoms with Gasteiger partial charge in [0.2, 0.25) is 0 Å². The van der Waals surface area contributed by atoms with Crippen LogP contribution >= 0.6 is 0 Å². The number of rotatable bonds is 7. The molecule has 1 aromatic heterocycles. The van der Waals surface area contributed by atoms with Crippen LogP contribution < -0.4 is 5.73 Å². The number of aromatic nitrogens is 1. The lowest BCUT2D eigenvalue weighted by molar-refractivity contribution is -0.145. The van der Waals surface area contributed by atoms with Crippen LogP contribution in [0.15, 0.2) is 59.8 Å². The molecular formula is C16H18N2O3S. The molecule has 0 fully saturated rings. The third-order valence-corrected chi connectivity index (χ3v) is 4.35. The van der Waals surface area contributed by atoms with E-state index in [2.05, 4.69) is 4.98 Å². The van der Waals surface area contributed by atoms with E-state index < -0.39 is 22.8 Å². The molecule has 5 nitrogen and oxygen atoms in total. The lowest BCUT2D eigenvalue weighted by atomic mass is 10.2. The largest absolute Gasteiger partial charge is 0.461 e. The first-order chi connectivity index (χ1) is 10.6. The summed E-state index contributed by atoms with van der Waals surface area (Å²) in [4.78, 5) is 15.7. The van der Waals surface area contributed by atoms with Crippen molar-refractivity contribution in [2.24, 2.45) is 5.73 Å². The van der Waals surface area contributed by atoms with Crippen molar-refractivity contribution in [1.82, 2.24) is 4.98 Å². The molecule has 2 rings (SSSR count). The molecule has 2 atom stereocenters. The average Bonchev–Trinajstić information content (AvgIpc) is 2.54. The Morgan fingerprint density at radius 3 is 2.59 bits per heavy atom. The molecule has 0 aliphatic rings. The molecule has 0 spiro atoms. The smallest absolute Gasteiger partial charge is 0.307 e. The third-order valence-electron chi connectivity index (χ3n) is 2.91. The van der Waals surface area contributed by atoms with E-state index in [-0.39, 0.29) is 18.8 Å². The third kappa shape index (κ3) is 5.38. The highest BCUT2D eigenvalue weighted by molar-refractivity contribution is 7.85. The number of carbonyl (C=O) groups is 1. The van der Waals surface area contributed by atoms with Gasteiger partial charge in [-0.15, -0.1) is 0 Å². The monoisotopic (exact) mass is 318 g/mol. The first-order valence-electron chi connectivity index (χ1n) is 6.89. The number of hydrogen-bond acceptors (Lipinski definition) is 5. The van der Waals surface area contributed by atoms with Crippen LogP contribution in [0.25, 0.3) is 0 Å². The minimum atomic E-state index is -1.31. The van der Waals surface area contributed by atoms with E-state index >= 15 is 0 Å². The highest BCUT2D eigenvalue weighted by Gasteiger charge is 2.15. The van der Waals surface area contributed by atoms with E-state index in [9.17, 15) is 9.00 Å². The van der Waals surface area contributed by atoms with Crippen LogP contribution in [0.2, 0.25) is 0 Å². The second-order valence-corrected chi connectivity index (χ2v) is 6.23. The van der Waals surface area contributed by atoms with Gasteiger partial charge in [0.15, 0.2) is 0 Å². The van der Waals surface area contributed by atoms with Gasteiger partial charge in [0.05, 0.1) is 17.2 Å². The van der Waals surface area contributed by atoms with Crippen LogP contribution in [0, 0.1) is 0 Å². The number of pyridine rings is 1. The maximum Gasteiger partial charge on any atom is 0.307 e. The number of carbonyl (C=O) groups excluding carboxylic acids is 1. The van der Waals surface area contributed by atoms with Crippen LogP contribution in [0.5, 0.6) is 0 Å². The predicted octanol–water partition coefficient (Wildman–Crippen LogP) is 1.65. The Kier molecular flexibility index (Phi) is 6.24. The lowest BCUT2D eigenvalue weighted by Gasteiger charge is -2.11. The van der Waals surface area contributed by atoms with Crippen molar-refractivity contribution >= 4 is 16.8 Å². The van der Waals surface area contributed by atoms with Crippen molar-refractivity contribution < 1.29 is 13.7 Å². The van der Waals surface area contributed by atoms with Gasteiger partial charge in [-0.05, 0) is 17.7 Å². The van der Waals surface area contributed by atoms with Crippen LogP contribution in [0.1, 0.15) is 12.0 Å². The predicted molar refractivity (Wildman–Crippen MR) is 84.3 cm³/mol. The molecule has 0 saturated carbocycles. The van der Waals surface area contributed by atoms with Crippen molar-refractivity contribution in [3.05, 3.63) is 60.3 Å². The topological polar surface area (TPSA) is 82.3 Å². The minimum absolute atomic E-state index is 0.0331. The number of benzene rings is 1. The molecule has 2 aromatic rings. The number of nitrogens with zero attached hydrogens (tertiary/aromatic N) is 1. The van der Waals surface area contributed by atoms with Crippen molar-refractivity contribution in [1.29, 1.82) is 0 Å². The number of nitrogens with two attached hydrogens (primary N) is 1.